The van der Waals surface area contributed by atoms with E-state index in [9.17, 15) is 9.59 Å². The number of amides is 3. The molecule has 1 aromatic carbocycles. The van der Waals surface area contributed by atoms with Gasteiger partial charge in [-0.25, -0.2) is 4.79 Å². The molecule has 138 valence electrons. The minimum atomic E-state index is -0.269. The number of carbonyl (C=O) groups is 2. The zero-order chi connectivity index (χ0) is 18.8. The molecular formula is C19H25N5O2. The molecule has 7 nitrogen and oxygen atoms in total. The van der Waals surface area contributed by atoms with E-state index in [0.717, 1.165) is 17.7 Å². The number of likely N-dealkylation sites (N-methyl/N-ethyl adjacent to an activating group) is 1. The minimum absolute atomic E-state index is 0.116. The Kier molecular flexibility index (Phi) is 7.57. The summed E-state index contributed by atoms with van der Waals surface area (Å²) in [7, 11) is 3.91. The molecule has 2 rings (SSSR count). The quantitative estimate of drug-likeness (QED) is 0.668. The van der Waals surface area contributed by atoms with Crippen molar-refractivity contribution < 1.29 is 9.59 Å². The summed E-state index contributed by atoms with van der Waals surface area (Å²) in [6.45, 7) is 2.13. The van der Waals surface area contributed by atoms with Gasteiger partial charge in [-0.1, -0.05) is 18.2 Å². The van der Waals surface area contributed by atoms with Crippen LogP contribution in [0.1, 0.15) is 21.5 Å². The molecule has 3 amide bonds. The fourth-order valence-corrected chi connectivity index (χ4v) is 2.25. The fraction of sp³-hybridized carbons (Fsp3) is 0.316. The second-order valence-corrected chi connectivity index (χ2v) is 6.16. The highest BCUT2D eigenvalue weighted by atomic mass is 16.2. The van der Waals surface area contributed by atoms with Crippen molar-refractivity contribution in [1.29, 1.82) is 0 Å². The first kappa shape index (κ1) is 19.4. The van der Waals surface area contributed by atoms with Crippen LogP contribution in [-0.2, 0) is 13.1 Å². The monoisotopic (exact) mass is 355 g/mol. The van der Waals surface area contributed by atoms with Crippen LogP contribution in [0.2, 0.25) is 0 Å². The van der Waals surface area contributed by atoms with Gasteiger partial charge in [0, 0.05) is 44.1 Å². The van der Waals surface area contributed by atoms with E-state index in [2.05, 4.69) is 20.9 Å². The molecule has 0 aliphatic carbocycles. The van der Waals surface area contributed by atoms with E-state index in [1.165, 1.54) is 0 Å². The molecule has 1 aromatic heterocycles. The summed E-state index contributed by atoms with van der Waals surface area (Å²) in [5.41, 5.74) is 2.37. The van der Waals surface area contributed by atoms with Crippen molar-refractivity contribution in [2.24, 2.45) is 0 Å². The molecule has 0 fully saturated rings. The van der Waals surface area contributed by atoms with Crippen molar-refractivity contribution in [2.45, 2.75) is 13.1 Å². The first-order chi connectivity index (χ1) is 12.5. The second-order valence-electron chi connectivity index (χ2n) is 6.16. The lowest BCUT2D eigenvalue weighted by Gasteiger charge is -2.11. The standard InChI is InChI=1S/C19H25N5O2/c1-24(2)10-9-21-18(25)17-7-3-5-15(11-17)13-22-19(26)23-14-16-6-4-8-20-12-16/h3-8,11-12H,9-10,13-14H2,1-2H3,(H,21,25)(H2,22,23,26). The Labute approximate surface area is 153 Å². The number of benzene rings is 1. The molecule has 0 saturated heterocycles. The topological polar surface area (TPSA) is 86.4 Å². The van der Waals surface area contributed by atoms with Crippen LogP contribution in [0, 0.1) is 0 Å². The average Bonchev–Trinajstić information content (AvgIpc) is 2.65. The van der Waals surface area contributed by atoms with E-state index in [4.69, 9.17) is 0 Å². The molecule has 0 saturated carbocycles. The van der Waals surface area contributed by atoms with Crippen molar-refractivity contribution in [3.05, 3.63) is 65.5 Å². The molecule has 7 heteroatoms. The number of urea groups is 1. The summed E-state index contributed by atoms with van der Waals surface area (Å²) in [4.78, 5) is 30.0. The van der Waals surface area contributed by atoms with Crippen LogP contribution in [0.25, 0.3) is 0 Å². The third-order valence-electron chi connectivity index (χ3n) is 3.66. The number of pyridine rings is 1. The molecule has 0 aliphatic rings. The fourth-order valence-electron chi connectivity index (χ4n) is 2.25. The SMILES string of the molecule is CN(C)CCNC(=O)c1cccc(CNC(=O)NCc2cccnc2)c1. The Morgan fingerprint density at radius 1 is 1.00 bits per heavy atom. The lowest BCUT2D eigenvalue weighted by molar-refractivity contribution is 0.0951. The molecule has 3 N–H and O–H groups in total. The maximum absolute atomic E-state index is 12.1. The number of rotatable bonds is 8. The van der Waals surface area contributed by atoms with Gasteiger partial charge in [0.1, 0.15) is 0 Å². The number of nitrogens with zero attached hydrogens (tertiary/aromatic N) is 2. The predicted octanol–water partition coefficient (Wildman–Crippen LogP) is 1.37. The van der Waals surface area contributed by atoms with Crippen LogP contribution in [-0.4, -0.2) is 49.0 Å². The Balaban J connectivity index is 1.78. The largest absolute Gasteiger partial charge is 0.351 e. The van der Waals surface area contributed by atoms with Crippen molar-refractivity contribution in [3.8, 4) is 0 Å². The summed E-state index contributed by atoms with van der Waals surface area (Å²) < 4.78 is 0. The minimum Gasteiger partial charge on any atom is -0.351 e. The Morgan fingerprint density at radius 2 is 1.73 bits per heavy atom. The van der Waals surface area contributed by atoms with Crippen LogP contribution >= 0.6 is 0 Å². The van der Waals surface area contributed by atoms with Crippen molar-refractivity contribution >= 4 is 11.9 Å². The van der Waals surface area contributed by atoms with Gasteiger partial charge >= 0.3 is 6.03 Å². The smallest absolute Gasteiger partial charge is 0.315 e. The van der Waals surface area contributed by atoms with Crippen LogP contribution in [0.15, 0.2) is 48.8 Å². The molecule has 1 heterocycles. The average molecular weight is 355 g/mol. The van der Waals surface area contributed by atoms with Crippen LogP contribution in [0.4, 0.5) is 4.79 Å². The van der Waals surface area contributed by atoms with E-state index in [0.29, 0.717) is 25.2 Å². The number of hydrogen-bond acceptors (Lipinski definition) is 4. The number of hydrogen-bond donors (Lipinski definition) is 3. The summed E-state index contributed by atoms with van der Waals surface area (Å²) >= 11 is 0. The van der Waals surface area contributed by atoms with Gasteiger partial charge in [0.25, 0.3) is 5.91 Å². The maximum Gasteiger partial charge on any atom is 0.315 e. The van der Waals surface area contributed by atoms with Crippen molar-refractivity contribution in [3.63, 3.8) is 0 Å². The molecular weight excluding hydrogens is 330 g/mol. The van der Waals surface area contributed by atoms with Gasteiger partial charge < -0.3 is 20.9 Å². The van der Waals surface area contributed by atoms with Crippen LogP contribution in [0.3, 0.4) is 0 Å². The predicted molar refractivity (Wildman–Crippen MR) is 101 cm³/mol. The van der Waals surface area contributed by atoms with Crippen LogP contribution in [0.5, 0.6) is 0 Å². The Bertz CT molecular complexity index is 719. The van der Waals surface area contributed by atoms with Crippen molar-refractivity contribution in [1.82, 2.24) is 25.8 Å². The highest BCUT2D eigenvalue weighted by Gasteiger charge is 2.07. The van der Waals surface area contributed by atoms with E-state index >= 15 is 0 Å². The molecule has 0 bridgehead atoms. The van der Waals surface area contributed by atoms with Gasteiger partial charge in [-0.3, -0.25) is 9.78 Å². The number of nitrogens with one attached hydrogen (secondary N) is 3. The van der Waals surface area contributed by atoms with Gasteiger partial charge in [-0.05, 0) is 43.4 Å². The van der Waals surface area contributed by atoms with Gasteiger partial charge in [0.2, 0.25) is 0 Å². The van der Waals surface area contributed by atoms with E-state index < -0.39 is 0 Å². The molecule has 0 atom stereocenters. The van der Waals surface area contributed by atoms with Crippen molar-refractivity contribution in [2.75, 3.05) is 27.2 Å². The van der Waals surface area contributed by atoms with E-state index in [1.54, 1.807) is 24.5 Å². The summed E-state index contributed by atoms with van der Waals surface area (Å²) in [5.74, 6) is -0.116. The third kappa shape index (κ3) is 6.90. The van der Waals surface area contributed by atoms with Gasteiger partial charge in [-0.2, -0.15) is 0 Å². The van der Waals surface area contributed by atoms with Gasteiger partial charge in [0.15, 0.2) is 0 Å². The number of aromatic nitrogens is 1. The highest BCUT2D eigenvalue weighted by molar-refractivity contribution is 5.94. The van der Waals surface area contributed by atoms with Gasteiger partial charge in [0.05, 0.1) is 0 Å². The Morgan fingerprint density at radius 3 is 2.42 bits per heavy atom. The lowest BCUT2D eigenvalue weighted by atomic mass is 10.1. The first-order valence-corrected chi connectivity index (χ1v) is 8.47. The first-order valence-electron chi connectivity index (χ1n) is 8.47. The number of carbonyl (C=O) groups excluding carboxylic acids is 2. The van der Waals surface area contributed by atoms with Crippen LogP contribution < -0.4 is 16.0 Å². The third-order valence-corrected chi connectivity index (χ3v) is 3.66. The molecule has 2 aromatic rings. The summed E-state index contributed by atoms with van der Waals surface area (Å²) in [5, 5.41) is 8.43. The second kappa shape index (κ2) is 10.1. The van der Waals surface area contributed by atoms with E-state index in [-0.39, 0.29) is 11.9 Å². The summed E-state index contributed by atoms with van der Waals surface area (Å²) in [6.07, 6.45) is 3.39. The zero-order valence-electron chi connectivity index (χ0n) is 15.2. The summed E-state index contributed by atoms with van der Waals surface area (Å²) in [6, 6.07) is 10.7. The molecule has 0 spiro atoms. The molecule has 0 radical (unpaired) electrons. The zero-order valence-corrected chi connectivity index (χ0v) is 15.2. The lowest BCUT2D eigenvalue weighted by Crippen LogP contribution is -2.34. The maximum atomic E-state index is 12.1. The van der Waals surface area contributed by atoms with Gasteiger partial charge in [-0.15, -0.1) is 0 Å². The van der Waals surface area contributed by atoms with E-state index in [1.807, 2.05) is 43.3 Å². The highest BCUT2D eigenvalue weighted by Crippen LogP contribution is 2.05. The molecule has 26 heavy (non-hydrogen) atoms. The Hall–Kier alpha value is -2.93. The molecule has 0 aliphatic heterocycles. The molecule has 0 unspecified atom stereocenters. The normalized spacial score (nSPS) is 10.4.